The predicted molar refractivity (Wildman–Crippen MR) is 89.5 cm³/mol. The number of ether oxygens (including phenoxy) is 2. The highest BCUT2D eigenvalue weighted by molar-refractivity contribution is 9.10. The molecule has 4 nitrogen and oxygen atoms in total. The first-order chi connectivity index (χ1) is 10.1. The summed E-state index contributed by atoms with van der Waals surface area (Å²) >= 11 is 3.55. The monoisotopic (exact) mass is 356 g/mol. The van der Waals surface area contributed by atoms with Gasteiger partial charge < -0.3 is 19.3 Å². The van der Waals surface area contributed by atoms with E-state index in [1.807, 2.05) is 6.07 Å². The van der Waals surface area contributed by atoms with Gasteiger partial charge in [-0.1, -0.05) is 0 Å². The van der Waals surface area contributed by atoms with Crippen molar-refractivity contribution < 1.29 is 9.47 Å². The maximum absolute atomic E-state index is 5.48. The highest BCUT2D eigenvalue weighted by Crippen LogP contribution is 2.33. The van der Waals surface area contributed by atoms with E-state index in [0.29, 0.717) is 0 Å². The molecule has 0 atom stereocenters. The van der Waals surface area contributed by atoms with Gasteiger partial charge in [-0.15, -0.1) is 0 Å². The van der Waals surface area contributed by atoms with Gasteiger partial charge in [0.2, 0.25) is 0 Å². The van der Waals surface area contributed by atoms with Crippen LogP contribution in [0.1, 0.15) is 12.0 Å². The Morgan fingerprint density at radius 1 is 1.05 bits per heavy atom. The van der Waals surface area contributed by atoms with Crippen LogP contribution in [0.2, 0.25) is 0 Å². The van der Waals surface area contributed by atoms with Crippen LogP contribution in [0, 0.1) is 0 Å². The number of benzene rings is 1. The van der Waals surface area contributed by atoms with Gasteiger partial charge in [-0.2, -0.15) is 0 Å². The Balaban J connectivity index is 1.89. The molecule has 1 aromatic carbocycles. The molecular weight excluding hydrogens is 332 g/mol. The minimum absolute atomic E-state index is 0.815. The second-order valence-electron chi connectivity index (χ2n) is 5.55. The highest BCUT2D eigenvalue weighted by atomic mass is 79.9. The average molecular weight is 357 g/mol. The Hall–Kier alpha value is -0.780. The van der Waals surface area contributed by atoms with E-state index >= 15 is 0 Å². The van der Waals surface area contributed by atoms with Gasteiger partial charge in [0.1, 0.15) is 11.5 Å². The molecule has 1 saturated heterocycles. The first-order valence-electron chi connectivity index (χ1n) is 7.45. The van der Waals surface area contributed by atoms with Gasteiger partial charge in [-0.25, -0.2) is 0 Å². The van der Waals surface area contributed by atoms with E-state index in [2.05, 4.69) is 38.8 Å². The summed E-state index contributed by atoms with van der Waals surface area (Å²) in [5.74, 6) is 1.73. The summed E-state index contributed by atoms with van der Waals surface area (Å²) in [6.07, 6.45) is 2.18. The number of halogens is 1. The molecule has 0 N–H and O–H groups in total. The molecule has 0 amide bonds. The molecule has 1 aromatic rings. The molecule has 0 aromatic heterocycles. The summed E-state index contributed by atoms with van der Waals surface area (Å²) in [6.45, 7) is 5.87. The first-order valence-corrected chi connectivity index (χ1v) is 8.24. The zero-order valence-corrected chi connectivity index (χ0v) is 14.8. The van der Waals surface area contributed by atoms with Crippen LogP contribution >= 0.6 is 15.9 Å². The zero-order chi connectivity index (χ0) is 15.2. The lowest BCUT2D eigenvalue weighted by molar-refractivity contribution is 0.153. The number of hydrogen-bond donors (Lipinski definition) is 0. The summed E-state index contributed by atoms with van der Waals surface area (Å²) in [6, 6.07) is 4.07. The van der Waals surface area contributed by atoms with E-state index in [1.54, 1.807) is 14.2 Å². The largest absolute Gasteiger partial charge is 0.496 e. The van der Waals surface area contributed by atoms with Gasteiger partial charge in [-0.05, 0) is 54.0 Å². The Kier molecular flexibility index (Phi) is 6.33. The van der Waals surface area contributed by atoms with Gasteiger partial charge in [-0.3, -0.25) is 0 Å². The van der Waals surface area contributed by atoms with E-state index in [-0.39, 0.29) is 0 Å². The average Bonchev–Trinajstić information content (AvgIpc) is 2.49. The van der Waals surface area contributed by atoms with Gasteiger partial charge in [0.25, 0.3) is 0 Å². The lowest BCUT2D eigenvalue weighted by Gasteiger charge is -2.32. The summed E-state index contributed by atoms with van der Waals surface area (Å²) in [7, 11) is 5.58. The summed E-state index contributed by atoms with van der Waals surface area (Å²) in [5.41, 5.74) is 1.24. The van der Waals surface area contributed by atoms with E-state index in [4.69, 9.17) is 9.47 Å². The molecule has 0 aliphatic carbocycles. The molecule has 0 spiro atoms. The molecule has 0 radical (unpaired) electrons. The fraction of sp³-hybridized carbons (Fsp3) is 0.625. The second kappa shape index (κ2) is 8.01. The number of rotatable bonds is 6. The van der Waals surface area contributed by atoms with E-state index in [0.717, 1.165) is 35.4 Å². The third-order valence-corrected chi connectivity index (χ3v) is 4.69. The SMILES string of the molecule is COc1cc(OC)c(CCCN2CCN(C)CC2)cc1Br. The zero-order valence-electron chi connectivity index (χ0n) is 13.2. The molecule has 1 fully saturated rings. The Morgan fingerprint density at radius 2 is 1.71 bits per heavy atom. The summed E-state index contributed by atoms with van der Waals surface area (Å²) in [4.78, 5) is 4.94. The van der Waals surface area contributed by atoms with E-state index in [1.165, 1.54) is 31.7 Å². The standard InChI is InChI=1S/C16H25BrN2O2/c1-18-7-9-19(10-8-18)6-4-5-13-11-14(17)16(21-3)12-15(13)20-2/h11-12H,4-10H2,1-3H3. The molecule has 118 valence electrons. The van der Waals surface area contributed by atoms with E-state index in [9.17, 15) is 0 Å². The molecule has 1 aliphatic heterocycles. The van der Waals surface area contributed by atoms with Crippen molar-refractivity contribution in [1.29, 1.82) is 0 Å². The van der Waals surface area contributed by atoms with Crippen molar-refractivity contribution in [2.75, 3.05) is 54.0 Å². The van der Waals surface area contributed by atoms with Crippen LogP contribution in [0.4, 0.5) is 0 Å². The molecule has 0 saturated carbocycles. The second-order valence-corrected chi connectivity index (χ2v) is 6.40. The van der Waals surface area contributed by atoms with Crippen molar-refractivity contribution in [2.24, 2.45) is 0 Å². The Morgan fingerprint density at radius 3 is 2.33 bits per heavy atom. The third-order valence-electron chi connectivity index (χ3n) is 4.07. The lowest BCUT2D eigenvalue weighted by Crippen LogP contribution is -2.44. The maximum Gasteiger partial charge on any atom is 0.136 e. The number of hydrogen-bond acceptors (Lipinski definition) is 4. The van der Waals surface area contributed by atoms with Crippen molar-refractivity contribution in [2.45, 2.75) is 12.8 Å². The molecule has 5 heteroatoms. The molecule has 0 unspecified atom stereocenters. The van der Waals surface area contributed by atoms with Gasteiger partial charge in [0.05, 0.1) is 18.7 Å². The molecule has 1 heterocycles. The van der Waals surface area contributed by atoms with Crippen molar-refractivity contribution in [3.63, 3.8) is 0 Å². The van der Waals surface area contributed by atoms with Crippen LogP contribution in [0.3, 0.4) is 0 Å². The van der Waals surface area contributed by atoms with Crippen molar-refractivity contribution in [3.05, 3.63) is 22.2 Å². The van der Waals surface area contributed by atoms with E-state index < -0.39 is 0 Å². The fourth-order valence-electron chi connectivity index (χ4n) is 2.68. The van der Waals surface area contributed by atoms with Crippen molar-refractivity contribution in [1.82, 2.24) is 9.80 Å². The highest BCUT2D eigenvalue weighted by Gasteiger charge is 2.14. The number of piperazine rings is 1. The lowest BCUT2D eigenvalue weighted by atomic mass is 10.1. The molecule has 0 bridgehead atoms. The van der Waals surface area contributed by atoms with Gasteiger partial charge >= 0.3 is 0 Å². The minimum atomic E-state index is 0.815. The topological polar surface area (TPSA) is 24.9 Å². The molecule has 21 heavy (non-hydrogen) atoms. The van der Waals surface area contributed by atoms with Crippen LogP contribution in [0.25, 0.3) is 0 Å². The summed E-state index contributed by atoms with van der Waals surface area (Å²) in [5, 5.41) is 0. The molecular formula is C16H25BrN2O2. The third kappa shape index (κ3) is 4.59. The van der Waals surface area contributed by atoms with Crippen molar-refractivity contribution >= 4 is 15.9 Å². The van der Waals surface area contributed by atoms with Crippen molar-refractivity contribution in [3.8, 4) is 11.5 Å². The molecule has 1 aliphatic rings. The first kappa shape index (κ1) is 16.6. The van der Waals surface area contributed by atoms with Crippen LogP contribution in [-0.4, -0.2) is 63.8 Å². The van der Waals surface area contributed by atoms with Crippen LogP contribution in [0.15, 0.2) is 16.6 Å². The fourth-order valence-corrected chi connectivity index (χ4v) is 3.24. The Labute approximate surface area is 136 Å². The van der Waals surface area contributed by atoms with Crippen LogP contribution < -0.4 is 9.47 Å². The number of methoxy groups -OCH3 is 2. The normalized spacial score (nSPS) is 17.0. The minimum Gasteiger partial charge on any atom is -0.496 e. The van der Waals surface area contributed by atoms with Crippen LogP contribution in [0.5, 0.6) is 11.5 Å². The summed E-state index contributed by atoms with van der Waals surface area (Å²) < 4.78 is 11.8. The quantitative estimate of drug-likeness (QED) is 0.782. The number of aryl methyl sites for hydroxylation is 1. The van der Waals surface area contributed by atoms with Gasteiger partial charge in [0, 0.05) is 32.2 Å². The Bertz CT molecular complexity index is 460. The smallest absolute Gasteiger partial charge is 0.136 e. The predicted octanol–water partition coefficient (Wildman–Crippen LogP) is 2.65. The maximum atomic E-state index is 5.48. The number of likely N-dealkylation sites (N-methyl/N-ethyl adjacent to an activating group) is 1. The molecule has 2 rings (SSSR count). The number of nitrogens with zero attached hydrogens (tertiary/aromatic N) is 2. The van der Waals surface area contributed by atoms with Crippen LogP contribution in [-0.2, 0) is 6.42 Å². The van der Waals surface area contributed by atoms with Gasteiger partial charge in [0.15, 0.2) is 0 Å².